The third-order valence-electron chi connectivity index (χ3n) is 4.80. The van der Waals surface area contributed by atoms with Gasteiger partial charge in [0.15, 0.2) is 6.19 Å². The van der Waals surface area contributed by atoms with Crippen LogP contribution in [-0.4, -0.2) is 46.4 Å². The molecule has 1 unspecified atom stereocenters. The summed E-state index contributed by atoms with van der Waals surface area (Å²) >= 11 is 0. The van der Waals surface area contributed by atoms with Crippen LogP contribution >= 0.6 is 0 Å². The van der Waals surface area contributed by atoms with Gasteiger partial charge in [0.2, 0.25) is 5.82 Å². The predicted octanol–water partition coefficient (Wildman–Crippen LogP) is 2.80. The number of carbonyl (C=O) groups excluding carboxylic acids is 1. The number of aromatic nitrogens is 2. The van der Waals surface area contributed by atoms with E-state index in [-0.39, 0.29) is 23.7 Å². The summed E-state index contributed by atoms with van der Waals surface area (Å²) in [5.74, 6) is -1.05. The average molecular weight is 407 g/mol. The van der Waals surface area contributed by atoms with Crippen molar-refractivity contribution < 1.29 is 27.2 Å². The smallest absolute Gasteiger partial charge is 0.406 e. The molecule has 2 fully saturated rings. The fourth-order valence-corrected chi connectivity index (χ4v) is 3.32. The second-order valence-corrected chi connectivity index (χ2v) is 7.00. The van der Waals surface area contributed by atoms with Gasteiger partial charge < -0.3 is 19.5 Å². The maximum absolute atomic E-state index is 12.6. The molecule has 1 aliphatic heterocycles. The molecule has 1 saturated heterocycles. The molecule has 2 heterocycles. The molecular weight excluding hydrogens is 391 g/mol. The van der Waals surface area contributed by atoms with Crippen molar-refractivity contribution in [1.82, 2.24) is 20.4 Å². The Kier molecular flexibility index (Phi) is 4.77. The summed E-state index contributed by atoms with van der Waals surface area (Å²) < 4.78 is 46.7. The molecule has 1 amide bonds. The second-order valence-electron chi connectivity index (χ2n) is 7.00. The summed E-state index contributed by atoms with van der Waals surface area (Å²) in [6.45, 7) is 0.944. The van der Waals surface area contributed by atoms with Crippen LogP contribution in [0, 0.1) is 11.5 Å². The first-order valence-electron chi connectivity index (χ1n) is 9.01. The van der Waals surface area contributed by atoms with Gasteiger partial charge in [-0.15, -0.1) is 13.2 Å². The maximum atomic E-state index is 12.6. The lowest BCUT2D eigenvalue weighted by atomic mass is 10.0. The van der Waals surface area contributed by atoms with E-state index in [1.165, 1.54) is 17.0 Å². The third-order valence-corrected chi connectivity index (χ3v) is 4.80. The maximum Gasteiger partial charge on any atom is 0.573 e. The van der Waals surface area contributed by atoms with Crippen LogP contribution in [0.3, 0.4) is 0 Å². The van der Waals surface area contributed by atoms with Gasteiger partial charge in [0.1, 0.15) is 5.75 Å². The van der Waals surface area contributed by atoms with Crippen LogP contribution < -0.4 is 10.1 Å². The number of rotatable bonds is 5. The van der Waals surface area contributed by atoms with Gasteiger partial charge in [-0.25, -0.2) is 0 Å². The lowest BCUT2D eigenvalue weighted by Crippen LogP contribution is -2.36. The first-order valence-corrected chi connectivity index (χ1v) is 9.01. The average Bonchev–Trinajstić information content (AvgIpc) is 3.20. The molecule has 29 heavy (non-hydrogen) atoms. The minimum absolute atomic E-state index is 0.0229. The van der Waals surface area contributed by atoms with Gasteiger partial charge in [-0.05, 0) is 42.9 Å². The quantitative estimate of drug-likeness (QED) is 0.760. The molecule has 1 aliphatic carbocycles. The predicted molar refractivity (Wildman–Crippen MR) is 91.4 cm³/mol. The van der Waals surface area contributed by atoms with Crippen LogP contribution in [0.25, 0.3) is 11.4 Å². The molecule has 8 nitrogen and oxygen atoms in total. The minimum atomic E-state index is -4.82. The highest BCUT2D eigenvalue weighted by Crippen LogP contribution is 2.45. The number of halogens is 3. The van der Waals surface area contributed by atoms with Crippen molar-refractivity contribution in [3.8, 4) is 23.3 Å². The molecule has 1 N–H and O–H groups in total. The zero-order chi connectivity index (χ0) is 20.6. The normalized spacial score (nSPS) is 19.1. The summed E-state index contributed by atoms with van der Waals surface area (Å²) in [6.07, 6.45) is -0.368. The summed E-state index contributed by atoms with van der Waals surface area (Å²) in [5.41, 5.74) is 1.13. The molecule has 11 heteroatoms. The van der Waals surface area contributed by atoms with Gasteiger partial charge in [0, 0.05) is 24.7 Å². The van der Waals surface area contributed by atoms with Crippen LogP contribution in [0.15, 0.2) is 22.7 Å². The highest BCUT2D eigenvalue weighted by Gasteiger charge is 2.33. The van der Waals surface area contributed by atoms with Crippen LogP contribution in [-0.2, 0) is 0 Å². The van der Waals surface area contributed by atoms with E-state index in [0.29, 0.717) is 25.1 Å². The van der Waals surface area contributed by atoms with Gasteiger partial charge in [-0.1, -0.05) is 11.2 Å². The number of likely N-dealkylation sites (tertiary alicyclic amines) is 1. The van der Waals surface area contributed by atoms with Crippen LogP contribution in [0.4, 0.5) is 13.2 Å². The lowest BCUT2D eigenvalue weighted by Gasteiger charge is -2.12. The molecule has 1 aromatic heterocycles. The molecule has 152 valence electrons. The lowest BCUT2D eigenvalue weighted by molar-refractivity contribution is -0.274. The van der Waals surface area contributed by atoms with E-state index in [4.69, 9.17) is 9.78 Å². The Hall–Kier alpha value is -3.29. The fourth-order valence-electron chi connectivity index (χ4n) is 3.32. The van der Waals surface area contributed by atoms with E-state index in [9.17, 15) is 18.0 Å². The number of hydrogen-bond acceptors (Lipinski definition) is 7. The van der Waals surface area contributed by atoms with Crippen molar-refractivity contribution >= 4 is 5.91 Å². The topological polar surface area (TPSA) is 104 Å². The van der Waals surface area contributed by atoms with E-state index in [0.717, 1.165) is 18.4 Å². The van der Waals surface area contributed by atoms with Crippen LogP contribution in [0.2, 0.25) is 0 Å². The number of carbonyl (C=O) groups is 1. The molecule has 1 atom stereocenters. The number of benzene rings is 1. The first kappa shape index (κ1) is 19.0. The van der Waals surface area contributed by atoms with Crippen molar-refractivity contribution in [2.45, 2.75) is 37.6 Å². The molecule has 2 aromatic rings. The molecule has 0 radical (unpaired) electrons. The number of amides is 1. The molecule has 0 bridgehead atoms. The van der Waals surface area contributed by atoms with Gasteiger partial charge in [0.05, 0.1) is 0 Å². The number of hydrogen-bond donors (Lipinski definition) is 1. The number of alkyl halides is 3. The number of nitrogens with zero attached hydrogens (tertiary/aromatic N) is 4. The first-order chi connectivity index (χ1) is 13.8. The SMILES string of the molecule is N#CN1CCC(NC(=O)c2nc(-c3cc(OC(F)(F)F)ccc3C3CC3)no2)C1. The molecule has 1 aromatic carbocycles. The summed E-state index contributed by atoms with van der Waals surface area (Å²) in [6, 6.07) is 3.79. The van der Waals surface area contributed by atoms with Crippen LogP contribution in [0.5, 0.6) is 5.75 Å². The largest absolute Gasteiger partial charge is 0.573 e. The number of nitrogens with one attached hydrogen (secondary N) is 1. The van der Waals surface area contributed by atoms with Crippen molar-refractivity contribution in [3.05, 3.63) is 29.7 Å². The van der Waals surface area contributed by atoms with Crippen molar-refractivity contribution in [2.24, 2.45) is 0 Å². The molecule has 2 aliphatic rings. The zero-order valence-electron chi connectivity index (χ0n) is 15.1. The van der Waals surface area contributed by atoms with Gasteiger partial charge in [0.25, 0.3) is 0 Å². The highest BCUT2D eigenvalue weighted by molar-refractivity contribution is 5.90. The highest BCUT2D eigenvalue weighted by atomic mass is 19.4. The zero-order valence-corrected chi connectivity index (χ0v) is 15.1. The number of nitriles is 1. The van der Waals surface area contributed by atoms with Crippen LogP contribution in [0.1, 0.15) is 41.4 Å². The van der Waals surface area contributed by atoms with Crippen molar-refractivity contribution in [2.75, 3.05) is 13.1 Å². The minimum Gasteiger partial charge on any atom is -0.406 e. The molecule has 1 saturated carbocycles. The van der Waals surface area contributed by atoms with Crippen molar-refractivity contribution in [1.29, 1.82) is 5.26 Å². The Morgan fingerprint density at radius 2 is 2.14 bits per heavy atom. The Bertz CT molecular complexity index is 964. The molecular formula is C18H16F3N5O3. The van der Waals surface area contributed by atoms with E-state index in [2.05, 4.69) is 20.2 Å². The molecule has 0 spiro atoms. The fraction of sp³-hybridized carbons (Fsp3) is 0.444. The standard InChI is InChI=1S/C18H16F3N5O3/c19-18(20,21)28-12-3-4-13(10-1-2-10)14(7-12)15-24-17(29-25-15)16(27)23-11-5-6-26(8-11)9-22/h3-4,7,10-11H,1-2,5-6,8H2,(H,23,27). The van der Waals surface area contributed by atoms with E-state index in [1.807, 2.05) is 6.19 Å². The summed E-state index contributed by atoms with van der Waals surface area (Å²) in [5, 5.41) is 15.4. The van der Waals surface area contributed by atoms with Gasteiger partial charge in [-0.2, -0.15) is 10.2 Å². The van der Waals surface area contributed by atoms with Crippen molar-refractivity contribution in [3.63, 3.8) is 0 Å². The third kappa shape index (κ3) is 4.42. The number of ether oxygens (including phenoxy) is 1. The van der Waals surface area contributed by atoms with Gasteiger partial charge in [-0.3, -0.25) is 4.79 Å². The monoisotopic (exact) mass is 407 g/mol. The van der Waals surface area contributed by atoms with E-state index in [1.54, 1.807) is 6.07 Å². The Morgan fingerprint density at radius 1 is 1.34 bits per heavy atom. The second kappa shape index (κ2) is 7.27. The molecule has 4 rings (SSSR count). The Morgan fingerprint density at radius 3 is 2.79 bits per heavy atom. The summed E-state index contributed by atoms with van der Waals surface area (Å²) in [4.78, 5) is 17.9. The Labute approximate surface area is 163 Å². The summed E-state index contributed by atoms with van der Waals surface area (Å²) in [7, 11) is 0. The van der Waals surface area contributed by atoms with Gasteiger partial charge >= 0.3 is 18.2 Å². The van der Waals surface area contributed by atoms with E-state index >= 15 is 0 Å². The van der Waals surface area contributed by atoms with E-state index < -0.39 is 18.0 Å². The Balaban J connectivity index is 1.54.